The number of likely N-dealkylation sites (tertiary alicyclic amines) is 1. The van der Waals surface area contributed by atoms with Gasteiger partial charge in [-0.05, 0) is 26.4 Å². The summed E-state index contributed by atoms with van der Waals surface area (Å²) in [5.74, 6) is 1.23. The van der Waals surface area contributed by atoms with Crippen molar-refractivity contribution in [2.24, 2.45) is 0 Å². The van der Waals surface area contributed by atoms with Crippen LogP contribution in [0.15, 0.2) is 12.3 Å². The molecule has 1 aliphatic rings. The van der Waals surface area contributed by atoms with Gasteiger partial charge in [0.25, 0.3) is 0 Å². The molecule has 1 fully saturated rings. The second kappa shape index (κ2) is 5.12. The molecule has 0 amide bonds. The van der Waals surface area contributed by atoms with Crippen LogP contribution >= 0.6 is 0 Å². The van der Waals surface area contributed by atoms with E-state index in [4.69, 9.17) is 4.74 Å². The molecule has 1 aromatic heterocycles. The van der Waals surface area contributed by atoms with Crippen LogP contribution in [0.3, 0.4) is 0 Å². The largest absolute Gasteiger partial charge is 0.476 e. The van der Waals surface area contributed by atoms with Crippen LogP contribution in [0.1, 0.15) is 12.8 Å². The topological polar surface area (TPSA) is 50.3 Å². The molecule has 2 heterocycles. The van der Waals surface area contributed by atoms with E-state index in [0.717, 1.165) is 0 Å². The van der Waals surface area contributed by atoms with Gasteiger partial charge in [0.05, 0.1) is 0 Å². The molecule has 5 heteroatoms. The lowest BCUT2D eigenvalue weighted by Crippen LogP contribution is -2.30. The maximum Gasteiger partial charge on any atom is 0.225 e. The van der Waals surface area contributed by atoms with Crippen LogP contribution in [-0.2, 0) is 0 Å². The van der Waals surface area contributed by atoms with Crippen LogP contribution in [0, 0.1) is 0 Å². The zero-order valence-corrected chi connectivity index (χ0v) is 9.81. The van der Waals surface area contributed by atoms with Crippen molar-refractivity contribution in [3.05, 3.63) is 12.3 Å². The normalized spacial score (nSPS) is 21.0. The predicted molar refractivity (Wildman–Crippen MR) is 62.7 cm³/mol. The smallest absolute Gasteiger partial charge is 0.225 e. The van der Waals surface area contributed by atoms with Gasteiger partial charge in [0.1, 0.15) is 6.61 Å². The average Bonchev–Trinajstić information content (AvgIpc) is 2.72. The van der Waals surface area contributed by atoms with Gasteiger partial charge in [-0.3, -0.25) is 0 Å². The van der Waals surface area contributed by atoms with Crippen LogP contribution in [0.5, 0.6) is 5.88 Å². The summed E-state index contributed by atoms with van der Waals surface area (Å²) in [4.78, 5) is 10.6. The van der Waals surface area contributed by atoms with Gasteiger partial charge >= 0.3 is 0 Å². The number of nitrogens with one attached hydrogen (secondary N) is 1. The van der Waals surface area contributed by atoms with E-state index in [0.29, 0.717) is 24.5 Å². The molecule has 0 bridgehead atoms. The molecule has 1 aromatic rings. The first kappa shape index (κ1) is 11.1. The van der Waals surface area contributed by atoms with Gasteiger partial charge in [-0.2, -0.15) is 4.98 Å². The van der Waals surface area contributed by atoms with E-state index >= 15 is 0 Å². The second-order valence-electron chi connectivity index (χ2n) is 4.06. The fraction of sp³-hybridized carbons (Fsp3) is 0.636. The summed E-state index contributed by atoms with van der Waals surface area (Å²) >= 11 is 0. The minimum Gasteiger partial charge on any atom is -0.476 e. The third kappa shape index (κ3) is 2.61. The molecule has 1 N–H and O–H groups in total. The molecular weight excluding hydrogens is 204 g/mol. The minimum atomic E-state index is 0.521. The summed E-state index contributed by atoms with van der Waals surface area (Å²) in [6.07, 6.45) is 4.17. The van der Waals surface area contributed by atoms with Gasteiger partial charge < -0.3 is 15.0 Å². The number of hydrogen-bond acceptors (Lipinski definition) is 5. The molecular formula is C11H18N4O. The van der Waals surface area contributed by atoms with E-state index in [1.165, 1.54) is 19.4 Å². The van der Waals surface area contributed by atoms with E-state index in [2.05, 4.69) is 27.2 Å². The highest BCUT2D eigenvalue weighted by molar-refractivity contribution is 5.26. The van der Waals surface area contributed by atoms with Gasteiger partial charge in [0.2, 0.25) is 11.8 Å². The van der Waals surface area contributed by atoms with Crippen LogP contribution in [-0.4, -0.2) is 48.2 Å². The Labute approximate surface area is 95.8 Å². The van der Waals surface area contributed by atoms with E-state index in [9.17, 15) is 0 Å². The lowest BCUT2D eigenvalue weighted by Gasteiger charge is -2.19. The van der Waals surface area contributed by atoms with Gasteiger partial charge in [-0.15, -0.1) is 0 Å². The summed E-state index contributed by atoms with van der Waals surface area (Å²) in [6, 6.07) is 2.31. The number of rotatable bonds is 4. The quantitative estimate of drug-likeness (QED) is 0.823. The van der Waals surface area contributed by atoms with Crippen molar-refractivity contribution in [2.75, 3.05) is 32.6 Å². The molecule has 1 aliphatic heterocycles. The van der Waals surface area contributed by atoms with Gasteiger partial charge in [-0.1, -0.05) is 0 Å². The molecule has 0 spiro atoms. The molecule has 16 heavy (non-hydrogen) atoms. The van der Waals surface area contributed by atoms with Crippen molar-refractivity contribution in [3.63, 3.8) is 0 Å². The molecule has 1 saturated heterocycles. The van der Waals surface area contributed by atoms with Gasteiger partial charge in [-0.25, -0.2) is 4.98 Å². The summed E-state index contributed by atoms with van der Waals surface area (Å²) < 4.78 is 5.67. The lowest BCUT2D eigenvalue weighted by atomic mass is 10.2. The van der Waals surface area contributed by atoms with Gasteiger partial charge in [0.15, 0.2) is 0 Å². The maximum atomic E-state index is 5.67. The molecule has 88 valence electrons. The third-order valence-corrected chi connectivity index (χ3v) is 2.95. The van der Waals surface area contributed by atoms with Crippen molar-refractivity contribution in [1.29, 1.82) is 0 Å². The second-order valence-corrected chi connectivity index (χ2v) is 4.06. The molecule has 0 saturated carbocycles. The molecule has 0 aromatic carbocycles. The predicted octanol–water partition coefficient (Wildman–Crippen LogP) is 0.991. The van der Waals surface area contributed by atoms with Crippen molar-refractivity contribution >= 4 is 5.95 Å². The monoisotopic (exact) mass is 222 g/mol. The van der Waals surface area contributed by atoms with E-state index in [-0.39, 0.29) is 0 Å². The Bertz CT molecular complexity index is 345. The molecule has 0 aliphatic carbocycles. The number of likely N-dealkylation sites (N-methyl/N-ethyl adjacent to an activating group) is 1. The Morgan fingerprint density at radius 1 is 1.62 bits per heavy atom. The number of aromatic nitrogens is 2. The average molecular weight is 222 g/mol. The number of nitrogens with zero attached hydrogens (tertiary/aromatic N) is 3. The highest BCUT2D eigenvalue weighted by Crippen LogP contribution is 2.16. The van der Waals surface area contributed by atoms with Crippen molar-refractivity contribution in [2.45, 2.75) is 18.9 Å². The Kier molecular flexibility index (Phi) is 3.56. The summed E-state index contributed by atoms with van der Waals surface area (Å²) in [5.41, 5.74) is 0. The summed E-state index contributed by atoms with van der Waals surface area (Å²) in [5, 5.41) is 2.89. The fourth-order valence-electron chi connectivity index (χ4n) is 1.91. The minimum absolute atomic E-state index is 0.521. The number of hydrogen-bond donors (Lipinski definition) is 1. The SMILES string of the molecule is CNc1nccc(OCC2CCCN2C)n1. The first-order valence-electron chi connectivity index (χ1n) is 5.63. The highest BCUT2D eigenvalue weighted by atomic mass is 16.5. The van der Waals surface area contributed by atoms with Crippen molar-refractivity contribution in [1.82, 2.24) is 14.9 Å². The first-order chi connectivity index (χ1) is 7.79. The van der Waals surface area contributed by atoms with E-state index in [1.807, 2.05) is 0 Å². The van der Waals surface area contributed by atoms with Crippen LogP contribution in [0.2, 0.25) is 0 Å². The Morgan fingerprint density at radius 3 is 3.19 bits per heavy atom. The Hall–Kier alpha value is -1.36. The first-order valence-corrected chi connectivity index (χ1v) is 5.63. The summed E-state index contributed by atoms with van der Waals surface area (Å²) in [6.45, 7) is 1.87. The molecule has 1 atom stereocenters. The zero-order chi connectivity index (χ0) is 11.4. The zero-order valence-electron chi connectivity index (χ0n) is 9.81. The van der Waals surface area contributed by atoms with Gasteiger partial charge in [0, 0.05) is 25.4 Å². The molecule has 2 rings (SSSR count). The van der Waals surface area contributed by atoms with E-state index < -0.39 is 0 Å². The Morgan fingerprint density at radius 2 is 2.50 bits per heavy atom. The van der Waals surface area contributed by atoms with Crippen molar-refractivity contribution in [3.8, 4) is 5.88 Å². The molecule has 1 unspecified atom stereocenters. The molecule has 0 radical (unpaired) electrons. The standard InChI is InChI=1S/C11H18N4O/c1-12-11-13-6-5-10(14-11)16-8-9-4-3-7-15(9)2/h5-6,9H,3-4,7-8H2,1-2H3,(H,12,13,14). The number of ether oxygens (including phenoxy) is 1. The van der Waals surface area contributed by atoms with Crippen LogP contribution in [0.4, 0.5) is 5.95 Å². The third-order valence-electron chi connectivity index (χ3n) is 2.95. The Balaban J connectivity index is 1.88. The fourth-order valence-corrected chi connectivity index (χ4v) is 1.91. The van der Waals surface area contributed by atoms with Crippen LogP contribution < -0.4 is 10.1 Å². The maximum absolute atomic E-state index is 5.67. The number of anilines is 1. The molecule has 5 nitrogen and oxygen atoms in total. The van der Waals surface area contributed by atoms with E-state index in [1.54, 1.807) is 19.3 Å². The van der Waals surface area contributed by atoms with Crippen molar-refractivity contribution < 1.29 is 4.74 Å². The van der Waals surface area contributed by atoms with Crippen LogP contribution in [0.25, 0.3) is 0 Å². The lowest BCUT2D eigenvalue weighted by molar-refractivity contribution is 0.193. The highest BCUT2D eigenvalue weighted by Gasteiger charge is 2.21. The summed E-state index contributed by atoms with van der Waals surface area (Å²) in [7, 11) is 3.93.